The molecule has 0 aromatic rings. The Morgan fingerprint density at radius 1 is 1.38 bits per heavy atom. The molecule has 1 aliphatic heterocycles. The number of hydrogen-bond donors (Lipinski definition) is 1. The molecule has 0 atom stereocenters. The van der Waals surface area contributed by atoms with Crippen molar-refractivity contribution < 1.29 is 0 Å². The second-order valence-corrected chi connectivity index (χ2v) is 5.29. The quantitative estimate of drug-likeness (QED) is 0.691. The van der Waals surface area contributed by atoms with E-state index >= 15 is 0 Å². The lowest BCUT2D eigenvalue weighted by molar-refractivity contribution is 0.185. The lowest BCUT2D eigenvalue weighted by atomic mass is 9.96. The number of rotatable bonds is 6. The Labute approximate surface area is 101 Å². The van der Waals surface area contributed by atoms with Crippen LogP contribution in [-0.4, -0.2) is 37.6 Å². The summed E-state index contributed by atoms with van der Waals surface area (Å²) < 4.78 is 0. The molecule has 0 amide bonds. The summed E-state index contributed by atoms with van der Waals surface area (Å²) in [6, 6.07) is 0. The largest absolute Gasteiger partial charge is 0.316 e. The molecule has 0 spiro atoms. The number of nitrogens with one attached hydrogen (secondary N) is 1. The fourth-order valence-corrected chi connectivity index (χ4v) is 2.21. The fourth-order valence-electron chi connectivity index (χ4n) is 2.21. The highest BCUT2D eigenvalue weighted by atomic mass is 15.1. The molecule has 1 N–H and O–H groups in total. The normalized spacial score (nSPS) is 18.9. The summed E-state index contributed by atoms with van der Waals surface area (Å²) in [5.41, 5.74) is 0. The first-order valence-electron chi connectivity index (χ1n) is 6.59. The van der Waals surface area contributed by atoms with Gasteiger partial charge in [-0.05, 0) is 50.9 Å². The van der Waals surface area contributed by atoms with Gasteiger partial charge in [0.05, 0.1) is 0 Å². The van der Waals surface area contributed by atoms with Crippen molar-refractivity contribution in [2.24, 2.45) is 11.8 Å². The Hall–Kier alpha value is -0.520. The van der Waals surface area contributed by atoms with E-state index in [0.717, 1.165) is 31.3 Å². The summed E-state index contributed by atoms with van der Waals surface area (Å²) in [7, 11) is 0. The summed E-state index contributed by atoms with van der Waals surface area (Å²) in [6.07, 6.45) is 8.84. The van der Waals surface area contributed by atoms with Gasteiger partial charge in [-0.2, -0.15) is 0 Å². The highest BCUT2D eigenvalue weighted by molar-refractivity contribution is 4.85. The van der Waals surface area contributed by atoms with E-state index in [2.05, 4.69) is 30.0 Å². The molecular weight excluding hydrogens is 196 g/mol. The second kappa shape index (κ2) is 7.70. The minimum atomic E-state index is 0.760. The Kier molecular flexibility index (Phi) is 6.52. The molecule has 0 unspecified atom stereocenters. The van der Waals surface area contributed by atoms with Crippen molar-refractivity contribution in [3.63, 3.8) is 0 Å². The minimum Gasteiger partial charge on any atom is -0.316 e. The predicted molar refractivity (Wildman–Crippen MR) is 70.3 cm³/mol. The van der Waals surface area contributed by atoms with Crippen LogP contribution < -0.4 is 5.32 Å². The maximum atomic E-state index is 5.28. The van der Waals surface area contributed by atoms with Gasteiger partial charge in [0.25, 0.3) is 0 Å². The summed E-state index contributed by atoms with van der Waals surface area (Å²) in [5.74, 6) is 4.35. The molecule has 16 heavy (non-hydrogen) atoms. The molecule has 0 aliphatic carbocycles. The van der Waals surface area contributed by atoms with Crippen LogP contribution in [0.25, 0.3) is 0 Å². The summed E-state index contributed by atoms with van der Waals surface area (Å²) in [4.78, 5) is 2.50. The van der Waals surface area contributed by atoms with E-state index in [0.29, 0.717) is 0 Å². The van der Waals surface area contributed by atoms with Crippen LogP contribution in [-0.2, 0) is 0 Å². The molecule has 2 heteroatoms. The van der Waals surface area contributed by atoms with E-state index in [9.17, 15) is 0 Å². The monoisotopic (exact) mass is 222 g/mol. The topological polar surface area (TPSA) is 15.3 Å². The number of piperidine rings is 1. The molecule has 0 aromatic heterocycles. The molecule has 0 aromatic carbocycles. The van der Waals surface area contributed by atoms with E-state index in [-0.39, 0.29) is 0 Å². The molecule has 1 fully saturated rings. The Balaban J connectivity index is 2.05. The zero-order chi connectivity index (χ0) is 11.8. The molecule has 92 valence electrons. The summed E-state index contributed by atoms with van der Waals surface area (Å²) in [5, 5.41) is 3.56. The maximum Gasteiger partial charge on any atom is 0.0214 e. The smallest absolute Gasteiger partial charge is 0.0214 e. The highest BCUT2D eigenvalue weighted by Gasteiger charge is 2.18. The number of hydrogen-bond acceptors (Lipinski definition) is 2. The average Bonchev–Trinajstić information content (AvgIpc) is 2.27. The first kappa shape index (κ1) is 13.5. The number of likely N-dealkylation sites (tertiary alicyclic amines) is 1. The molecule has 1 saturated heterocycles. The highest BCUT2D eigenvalue weighted by Crippen LogP contribution is 2.16. The Morgan fingerprint density at radius 2 is 2.06 bits per heavy atom. The van der Waals surface area contributed by atoms with Crippen LogP contribution in [0.1, 0.15) is 33.1 Å². The first-order valence-corrected chi connectivity index (χ1v) is 6.59. The van der Waals surface area contributed by atoms with E-state index in [4.69, 9.17) is 6.42 Å². The maximum absolute atomic E-state index is 5.28. The van der Waals surface area contributed by atoms with E-state index in [1.807, 2.05) is 0 Å². The SMILES string of the molecule is C#CCCN1CCC(CNCC(C)C)CC1. The molecule has 0 saturated carbocycles. The van der Waals surface area contributed by atoms with E-state index in [1.54, 1.807) is 0 Å². The van der Waals surface area contributed by atoms with E-state index in [1.165, 1.54) is 32.5 Å². The first-order chi connectivity index (χ1) is 7.72. The van der Waals surface area contributed by atoms with Gasteiger partial charge in [-0.15, -0.1) is 12.3 Å². The third kappa shape index (κ3) is 5.53. The van der Waals surface area contributed by atoms with Crippen molar-refractivity contribution in [1.29, 1.82) is 0 Å². The zero-order valence-electron chi connectivity index (χ0n) is 10.8. The van der Waals surface area contributed by atoms with Crippen LogP contribution in [0.2, 0.25) is 0 Å². The van der Waals surface area contributed by atoms with Crippen LogP contribution in [0.15, 0.2) is 0 Å². The van der Waals surface area contributed by atoms with Crippen LogP contribution in [0, 0.1) is 24.2 Å². The van der Waals surface area contributed by atoms with Crippen molar-refractivity contribution in [3.05, 3.63) is 0 Å². The van der Waals surface area contributed by atoms with Gasteiger partial charge in [-0.3, -0.25) is 0 Å². The molecule has 1 aliphatic rings. The lowest BCUT2D eigenvalue weighted by Crippen LogP contribution is -2.38. The van der Waals surface area contributed by atoms with Crippen LogP contribution >= 0.6 is 0 Å². The second-order valence-electron chi connectivity index (χ2n) is 5.29. The zero-order valence-corrected chi connectivity index (χ0v) is 10.8. The van der Waals surface area contributed by atoms with Crippen molar-refractivity contribution >= 4 is 0 Å². The van der Waals surface area contributed by atoms with Gasteiger partial charge in [-0.1, -0.05) is 13.8 Å². The third-order valence-corrected chi connectivity index (χ3v) is 3.27. The van der Waals surface area contributed by atoms with Gasteiger partial charge in [-0.25, -0.2) is 0 Å². The molecular formula is C14H26N2. The minimum absolute atomic E-state index is 0.760. The van der Waals surface area contributed by atoms with Gasteiger partial charge in [0.1, 0.15) is 0 Å². The van der Waals surface area contributed by atoms with Crippen molar-refractivity contribution in [1.82, 2.24) is 10.2 Å². The average molecular weight is 222 g/mol. The van der Waals surface area contributed by atoms with Gasteiger partial charge in [0, 0.05) is 13.0 Å². The third-order valence-electron chi connectivity index (χ3n) is 3.27. The molecule has 1 heterocycles. The standard InChI is InChI=1S/C14H26N2/c1-4-5-8-16-9-6-14(7-10-16)12-15-11-13(2)3/h1,13-15H,5-12H2,2-3H3. The molecule has 2 nitrogen and oxygen atoms in total. The Morgan fingerprint density at radius 3 is 2.62 bits per heavy atom. The molecule has 1 rings (SSSR count). The number of terminal acetylenes is 1. The fraction of sp³-hybridized carbons (Fsp3) is 0.857. The van der Waals surface area contributed by atoms with Crippen molar-refractivity contribution in [2.45, 2.75) is 33.1 Å². The lowest BCUT2D eigenvalue weighted by Gasteiger charge is -2.31. The number of nitrogens with zero attached hydrogens (tertiary/aromatic N) is 1. The summed E-state index contributed by atoms with van der Waals surface area (Å²) in [6.45, 7) is 10.4. The van der Waals surface area contributed by atoms with Crippen molar-refractivity contribution in [2.75, 3.05) is 32.7 Å². The molecule has 0 radical (unpaired) electrons. The van der Waals surface area contributed by atoms with Crippen molar-refractivity contribution in [3.8, 4) is 12.3 Å². The Bertz CT molecular complexity index is 209. The summed E-state index contributed by atoms with van der Waals surface area (Å²) >= 11 is 0. The van der Waals surface area contributed by atoms with Crippen LogP contribution in [0.4, 0.5) is 0 Å². The van der Waals surface area contributed by atoms with Gasteiger partial charge in [0.15, 0.2) is 0 Å². The van der Waals surface area contributed by atoms with Gasteiger partial charge < -0.3 is 10.2 Å². The van der Waals surface area contributed by atoms with Crippen LogP contribution in [0.3, 0.4) is 0 Å². The van der Waals surface area contributed by atoms with Gasteiger partial charge in [0.2, 0.25) is 0 Å². The predicted octanol–water partition coefficient (Wildman–Crippen LogP) is 1.97. The van der Waals surface area contributed by atoms with Gasteiger partial charge >= 0.3 is 0 Å². The van der Waals surface area contributed by atoms with Crippen LogP contribution in [0.5, 0.6) is 0 Å². The van der Waals surface area contributed by atoms with E-state index < -0.39 is 0 Å². The molecule has 0 bridgehead atoms.